The normalized spacial score (nSPS) is 14.7. The molecule has 108 valence electrons. The van der Waals surface area contributed by atoms with Crippen molar-refractivity contribution in [2.75, 3.05) is 0 Å². The molecule has 0 heterocycles. The van der Waals surface area contributed by atoms with Crippen molar-refractivity contribution in [2.24, 2.45) is 0 Å². The summed E-state index contributed by atoms with van der Waals surface area (Å²) in [7, 11) is 0.500. The minimum Gasteiger partial charge on any atom is -0.358 e. The Morgan fingerprint density at radius 1 is 0.611 bits per heavy atom. The van der Waals surface area contributed by atoms with E-state index in [0.717, 1.165) is 0 Å². The molecule has 0 aliphatic heterocycles. The Labute approximate surface area is 143 Å². The molecule has 2 rings (SSSR count). The van der Waals surface area contributed by atoms with E-state index in [2.05, 4.69) is 13.3 Å². The third-order valence-corrected chi connectivity index (χ3v) is 2.50. The average Bonchev–Trinajstić information content (AvgIpc) is 3.13. The van der Waals surface area contributed by atoms with Crippen LogP contribution in [0.4, 0.5) is 0 Å². The topological polar surface area (TPSA) is 39.8 Å². The molecule has 0 aromatic rings. The second-order valence-corrected chi connectivity index (χ2v) is 3.54. The monoisotopic (exact) mass is 435 g/mol. The summed E-state index contributed by atoms with van der Waals surface area (Å²) < 4.78 is 26.5. The van der Waals surface area contributed by atoms with E-state index in [0.29, 0.717) is 7.38 Å². The van der Waals surface area contributed by atoms with E-state index >= 15 is 0 Å². The van der Waals surface area contributed by atoms with Crippen molar-refractivity contribution in [2.45, 2.75) is 64.2 Å². The molecule has 2 radical (unpaired) electrons. The van der Waals surface area contributed by atoms with Gasteiger partial charge in [-0.15, -0.1) is 0 Å². The van der Waals surface area contributed by atoms with Crippen LogP contribution in [-0.4, -0.2) is 0 Å². The summed E-state index contributed by atoms with van der Waals surface area (Å²) in [6.07, 6.45) is 15.0. The molecule has 0 N–H and O–H groups in total. The Morgan fingerprint density at radius 3 is 0.722 bits per heavy atom. The van der Waals surface area contributed by atoms with Crippen LogP contribution in [-0.2, 0) is 48.3 Å². The predicted octanol–water partition coefficient (Wildman–Crippen LogP) is 4.72. The van der Waals surface area contributed by atoms with E-state index < -0.39 is 0 Å². The van der Waals surface area contributed by atoms with E-state index in [1.807, 2.05) is 0 Å². The van der Waals surface area contributed by atoms with Gasteiger partial charge >= 0.3 is 61.6 Å². The Bertz CT molecular complexity index is 117. The molecule has 2 fully saturated rings. The van der Waals surface area contributed by atoms with Gasteiger partial charge in [-0.3, -0.25) is 0 Å². The van der Waals surface area contributed by atoms with Crippen molar-refractivity contribution in [3.63, 3.8) is 0 Å². The van der Waals surface area contributed by atoms with Gasteiger partial charge in [0.2, 0.25) is 0 Å². The van der Waals surface area contributed by atoms with Crippen LogP contribution in [0.15, 0.2) is 0 Å². The predicted molar refractivity (Wildman–Crippen MR) is 66.9 cm³/mol. The van der Waals surface area contributed by atoms with Crippen LogP contribution in [0.3, 0.4) is 0 Å². The number of rotatable bonds is 0. The summed E-state index contributed by atoms with van der Waals surface area (Å²) in [4.78, 5) is 0. The minimum absolute atomic E-state index is 0. The second-order valence-electron chi connectivity index (χ2n) is 3.54. The van der Waals surface area contributed by atoms with E-state index in [9.17, 15) is 0 Å². The van der Waals surface area contributed by atoms with Crippen LogP contribution in [0.1, 0.15) is 66.9 Å². The summed E-state index contributed by atoms with van der Waals surface area (Å²) in [5, 5.41) is 0. The maximum atomic E-state index is 7.50. The van der Waals surface area contributed by atoms with Crippen LogP contribution in [0, 0.1) is 28.1 Å². The molecule has 2 aliphatic carbocycles. The third kappa shape index (κ3) is 36.0. The molecule has 0 unspecified atom stereocenters. The van der Waals surface area contributed by atoms with Gasteiger partial charge in [-0.1, -0.05) is 64.2 Å². The van der Waals surface area contributed by atoms with Gasteiger partial charge in [0.05, 0.1) is 0 Å². The van der Waals surface area contributed by atoms with Gasteiger partial charge in [0, 0.05) is 0 Å². The second kappa shape index (κ2) is 43.1. The van der Waals surface area contributed by atoms with E-state index in [-0.39, 0.29) is 46.4 Å². The van der Waals surface area contributed by atoms with Crippen LogP contribution < -0.4 is 0 Å². The van der Waals surface area contributed by atoms with Crippen LogP contribution in [0.5, 0.6) is 0 Å². The molecular formula is C14H26O2Ru2+2. The molecule has 2 nitrogen and oxygen atoms in total. The zero-order chi connectivity index (χ0) is 13.8. The smallest absolute Gasteiger partial charge is 0.358 e. The van der Waals surface area contributed by atoms with Crippen LogP contribution in [0.2, 0.25) is 0 Å². The van der Waals surface area contributed by atoms with Crippen molar-refractivity contribution in [3.8, 4) is 0 Å². The van der Waals surface area contributed by atoms with Gasteiger partial charge in [0.1, 0.15) is 0 Å². The Morgan fingerprint density at radius 2 is 0.667 bits per heavy atom. The van der Waals surface area contributed by atoms with Crippen molar-refractivity contribution >= 4 is 0 Å². The molecule has 0 saturated heterocycles. The van der Waals surface area contributed by atoms with Crippen molar-refractivity contribution < 1.29 is 51.0 Å². The van der Waals surface area contributed by atoms with Gasteiger partial charge in [-0.05, 0) is 0 Å². The fraction of sp³-hybridized carbons (Fsp3) is 0.714. The third-order valence-electron chi connectivity index (χ3n) is 2.50. The maximum absolute atomic E-state index is 7.50. The quantitative estimate of drug-likeness (QED) is 0.230. The molecular weight excluding hydrogens is 405 g/mol. The molecule has 4 heteroatoms. The Hall–Kier alpha value is 0.727. The number of hydrogen-bond donors (Lipinski definition) is 0. The summed E-state index contributed by atoms with van der Waals surface area (Å²) in [5.41, 5.74) is 0. The Kier molecular flexibility index (Phi) is 65.0. The SMILES string of the molecule is C1CCCC1.C1CCCC1.[13C-]#[O+].[13C-]#[O+].[2H][13CH-][2H].[CH3-].[Ru+3].[Ru+]. The van der Waals surface area contributed by atoms with Gasteiger partial charge in [0.25, 0.3) is 0 Å². The average molecular weight is 433 g/mol. The molecule has 2 aliphatic rings. The molecule has 0 amide bonds. The van der Waals surface area contributed by atoms with Gasteiger partial charge < -0.3 is 14.8 Å². The van der Waals surface area contributed by atoms with E-state index in [4.69, 9.17) is 12.0 Å². The minimum atomic E-state index is 0. The van der Waals surface area contributed by atoms with Gasteiger partial charge in [-0.25, -0.2) is 2.74 Å². The summed E-state index contributed by atoms with van der Waals surface area (Å²) in [6.45, 7) is 9.00. The molecule has 0 atom stereocenters. The first-order valence-corrected chi connectivity index (χ1v) is 5.41. The standard InChI is InChI=1S/2C5H10.2CO.2CH3.2Ru/c2*1-2-4-5-3-1;2*1-2;;;;/h2*1-5H2;;;2*1H3;;/q;;;;2*-1;+1;+3/i;;2*1+1;1+1D2;;;. The first-order chi connectivity index (χ1) is 8.41. The fourth-order valence-electron chi connectivity index (χ4n) is 1.77. The van der Waals surface area contributed by atoms with Gasteiger partial charge in [-0.2, -0.15) is 0 Å². The largest absolute Gasteiger partial charge is 3.00 e. The van der Waals surface area contributed by atoms with E-state index in [1.165, 1.54) is 64.2 Å². The Balaban J connectivity index is -0.0000000313. The zero-order valence-corrected chi connectivity index (χ0v) is 14.6. The maximum Gasteiger partial charge on any atom is 3.00 e. The van der Waals surface area contributed by atoms with Crippen molar-refractivity contribution in [1.29, 1.82) is 0 Å². The number of hydrogen-bond acceptors (Lipinski definition) is 0. The molecule has 2 saturated carbocycles. The fourth-order valence-corrected chi connectivity index (χ4v) is 1.77. The molecule has 0 aromatic heterocycles. The van der Waals surface area contributed by atoms with Crippen molar-refractivity contribution in [1.82, 2.24) is 0 Å². The summed E-state index contributed by atoms with van der Waals surface area (Å²) in [6, 6.07) is 0. The van der Waals surface area contributed by atoms with Gasteiger partial charge in [0.15, 0.2) is 0 Å². The summed E-state index contributed by atoms with van der Waals surface area (Å²) in [5.74, 6) is 0. The first-order valence-electron chi connectivity index (χ1n) is 6.56. The van der Waals surface area contributed by atoms with Crippen molar-refractivity contribution in [3.05, 3.63) is 28.1 Å². The van der Waals surface area contributed by atoms with Crippen LogP contribution in [0.25, 0.3) is 0 Å². The summed E-state index contributed by atoms with van der Waals surface area (Å²) >= 11 is 0. The zero-order valence-electron chi connectivity index (χ0n) is 13.2. The molecule has 0 spiro atoms. The van der Waals surface area contributed by atoms with E-state index in [1.54, 1.807) is 0 Å². The molecule has 0 bridgehead atoms. The molecule has 18 heavy (non-hydrogen) atoms. The first kappa shape index (κ1) is 27.1. The van der Waals surface area contributed by atoms with Crippen LogP contribution >= 0.6 is 0 Å². The molecule has 0 aromatic carbocycles.